The van der Waals surface area contributed by atoms with Gasteiger partial charge in [-0.2, -0.15) is 0 Å². The number of anilines is 6. The van der Waals surface area contributed by atoms with Crippen LogP contribution in [-0.2, 0) is 0 Å². The molecule has 4 heterocycles. The number of aryl methyl sites for hydroxylation is 1. The minimum Gasteiger partial charge on any atom is -0.458 e. The lowest BCUT2D eigenvalue weighted by molar-refractivity contribution is 0.487. The monoisotopic (exact) mass is 747 g/mol. The van der Waals surface area contributed by atoms with Crippen LogP contribution in [0.2, 0.25) is 0 Å². The molecule has 10 aromatic rings. The van der Waals surface area contributed by atoms with Crippen LogP contribution in [0.1, 0.15) is 5.56 Å². The number of hydrogen-bond acceptors (Lipinski definition) is 4. The number of thiophene rings is 1. The Morgan fingerprint density at radius 2 is 1.05 bits per heavy atom. The molecule has 2 aliphatic heterocycles. The van der Waals surface area contributed by atoms with Crippen LogP contribution < -0.4 is 30.9 Å². The van der Waals surface area contributed by atoms with E-state index in [9.17, 15) is 0 Å². The van der Waals surface area contributed by atoms with E-state index in [0.717, 1.165) is 45.6 Å². The molecular weight excluding hydrogens is 713 g/mol. The van der Waals surface area contributed by atoms with Crippen molar-refractivity contribution in [2.24, 2.45) is 0 Å². The Hall–Kier alpha value is -7.02. The molecule has 0 bridgehead atoms. The van der Waals surface area contributed by atoms with Crippen LogP contribution in [0.25, 0.3) is 36.9 Å². The van der Waals surface area contributed by atoms with Gasteiger partial charge in [0.05, 0.1) is 15.7 Å². The third-order valence-corrected chi connectivity index (χ3v) is 12.8. The van der Waals surface area contributed by atoms with Crippen molar-refractivity contribution in [3.8, 4) is 17.2 Å². The summed E-state index contributed by atoms with van der Waals surface area (Å²) in [6.07, 6.45) is 0. The number of rotatable bonds is 6. The first-order valence-corrected chi connectivity index (χ1v) is 20.3. The number of para-hydroxylation sites is 5. The summed E-state index contributed by atoms with van der Waals surface area (Å²) in [5.41, 5.74) is 15.4. The highest BCUT2D eigenvalue weighted by Crippen LogP contribution is 2.47. The molecule has 0 amide bonds. The van der Waals surface area contributed by atoms with Crippen molar-refractivity contribution in [2.75, 3.05) is 9.80 Å². The first kappa shape index (κ1) is 32.2. The van der Waals surface area contributed by atoms with E-state index >= 15 is 0 Å². The molecule has 0 N–H and O–H groups in total. The van der Waals surface area contributed by atoms with Crippen molar-refractivity contribution >= 4 is 99.8 Å². The fraction of sp³-hybridized carbons (Fsp3) is 0.0196. The summed E-state index contributed by atoms with van der Waals surface area (Å²) in [6, 6.07) is 67.7. The predicted octanol–water partition coefficient (Wildman–Crippen LogP) is 12.2. The van der Waals surface area contributed by atoms with Crippen molar-refractivity contribution in [1.29, 1.82) is 0 Å². The van der Waals surface area contributed by atoms with Gasteiger partial charge in [-0.25, -0.2) is 0 Å². The van der Waals surface area contributed by atoms with E-state index < -0.39 is 0 Å². The average Bonchev–Trinajstić information content (AvgIpc) is 3.79. The van der Waals surface area contributed by atoms with E-state index in [1.54, 1.807) is 0 Å². The fourth-order valence-electron chi connectivity index (χ4n) is 9.29. The number of aromatic nitrogens is 1. The Morgan fingerprint density at radius 1 is 0.474 bits per heavy atom. The molecular formula is C51H34BN3OS. The fourth-order valence-corrected chi connectivity index (χ4v) is 10.5. The quantitative estimate of drug-likeness (QED) is 0.158. The zero-order valence-corrected chi connectivity index (χ0v) is 31.9. The van der Waals surface area contributed by atoms with Crippen LogP contribution in [0.4, 0.5) is 34.1 Å². The molecule has 268 valence electrons. The second-order valence-electron chi connectivity index (χ2n) is 15.0. The molecule has 2 aromatic heterocycles. The van der Waals surface area contributed by atoms with Crippen LogP contribution in [0.5, 0.6) is 11.5 Å². The lowest BCUT2D eigenvalue weighted by atomic mass is 9.34. The summed E-state index contributed by atoms with van der Waals surface area (Å²) in [6.45, 7) is 2.23. The summed E-state index contributed by atoms with van der Waals surface area (Å²) in [5.74, 6) is 1.83. The molecule has 57 heavy (non-hydrogen) atoms. The number of ether oxygens (including phenoxy) is 1. The maximum absolute atomic E-state index is 7.02. The maximum Gasteiger partial charge on any atom is 0.256 e. The Bertz CT molecular complexity index is 3100. The average molecular weight is 748 g/mol. The SMILES string of the molecule is Cc1cc2c3c(c1)-n1c4c(cccc4c4sc5cc(N(c6ccccc6)c6ccccc6)ccc5c41)B3c1ccc(N(c3ccccc3)c3ccccc3)cc1O2. The van der Waals surface area contributed by atoms with Crippen molar-refractivity contribution in [3.63, 3.8) is 0 Å². The highest BCUT2D eigenvalue weighted by Gasteiger charge is 2.41. The molecule has 0 unspecified atom stereocenters. The van der Waals surface area contributed by atoms with Gasteiger partial charge in [-0.3, -0.25) is 0 Å². The predicted molar refractivity (Wildman–Crippen MR) is 241 cm³/mol. The number of fused-ring (bicyclic) bond motifs is 9. The van der Waals surface area contributed by atoms with E-state index in [4.69, 9.17) is 4.74 Å². The van der Waals surface area contributed by atoms with Crippen LogP contribution in [-0.4, -0.2) is 11.3 Å². The molecule has 8 aromatic carbocycles. The van der Waals surface area contributed by atoms with Gasteiger partial charge in [0, 0.05) is 61.4 Å². The molecule has 4 nitrogen and oxygen atoms in total. The Labute approximate surface area is 335 Å². The minimum atomic E-state index is 0.0404. The largest absolute Gasteiger partial charge is 0.458 e. The van der Waals surface area contributed by atoms with E-state index in [-0.39, 0.29) is 6.71 Å². The van der Waals surface area contributed by atoms with Gasteiger partial charge in [0.25, 0.3) is 6.71 Å². The van der Waals surface area contributed by atoms with Gasteiger partial charge in [0.2, 0.25) is 0 Å². The third kappa shape index (κ3) is 4.87. The molecule has 2 aliphatic rings. The highest BCUT2D eigenvalue weighted by atomic mass is 32.1. The smallest absolute Gasteiger partial charge is 0.256 e. The number of hydrogen-bond donors (Lipinski definition) is 0. The van der Waals surface area contributed by atoms with Crippen LogP contribution >= 0.6 is 11.3 Å². The third-order valence-electron chi connectivity index (χ3n) is 11.6. The second-order valence-corrected chi connectivity index (χ2v) is 16.1. The van der Waals surface area contributed by atoms with Crippen LogP contribution in [0.15, 0.2) is 188 Å². The normalized spacial score (nSPS) is 12.4. The Kier molecular flexibility index (Phi) is 7.07. The molecule has 0 spiro atoms. The second kappa shape index (κ2) is 12.5. The summed E-state index contributed by atoms with van der Waals surface area (Å²) in [5, 5.41) is 2.56. The topological polar surface area (TPSA) is 20.6 Å². The van der Waals surface area contributed by atoms with Gasteiger partial charge in [0.1, 0.15) is 11.5 Å². The summed E-state index contributed by atoms with van der Waals surface area (Å²) in [4.78, 5) is 4.65. The van der Waals surface area contributed by atoms with E-state index in [2.05, 4.69) is 209 Å². The van der Waals surface area contributed by atoms with Gasteiger partial charge in [-0.05, 0) is 114 Å². The van der Waals surface area contributed by atoms with Crippen LogP contribution in [0.3, 0.4) is 0 Å². The number of benzene rings is 8. The Morgan fingerprint density at radius 3 is 1.67 bits per heavy atom. The highest BCUT2D eigenvalue weighted by molar-refractivity contribution is 7.26. The zero-order chi connectivity index (χ0) is 37.6. The van der Waals surface area contributed by atoms with Gasteiger partial charge in [0.15, 0.2) is 0 Å². The molecule has 0 radical (unpaired) electrons. The van der Waals surface area contributed by atoms with Crippen LogP contribution in [0, 0.1) is 6.92 Å². The standard InChI is InChI=1S/C51H34BN3OS/c1-33-29-44-48-46(30-33)56-45-31-38(53(34-15-6-2-7-16-34)35-17-8-3-9-18-35)26-28-42(45)52(48)43-24-14-23-41-49(43)55(44)50-40-27-25-39(32-47(40)57-51(41)50)54(36-19-10-4-11-20-36)37-21-12-5-13-22-37/h2-32H,1H3. The van der Waals surface area contributed by atoms with Crippen molar-refractivity contribution in [2.45, 2.75) is 6.92 Å². The lowest BCUT2D eigenvalue weighted by Crippen LogP contribution is -2.58. The first-order chi connectivity index (χ1) is 28.2. The summed E-state index contributed by atoms with van der Waals surface area (Å²) >= 11 is 1.90. The van der Waals surface area contributed by atoms with Gasteiger partial charge in [-0.1, -0.05) is 97.1 Å². The Balaban J connectivity index is 1.05. The maximum atomic E-state index is 7.02. The number of nitrogens with zero attached hydrogens (tertiary/aromatic N) is 3. The van der Waals surface area contributed by atoms with E-state index in [0.29, 0.717) is 0 Å². The first-order valence-electron chi connectivity index (χ1n) is 19.5. The summed E-state index contributed by atoms with van der Waals surface area (Å²) < 4.78 is 12.1. The van der Waals surface area contributed by atoms with E-state index in [1.165, 1.54) is 58.8 Å². The molecule has 0 atom stereocenters. The van der Waals surface area contributed by atoms with Gasteiger partial charge < -0.3 is 19.1 Å². The van der Waals surface area contributed by atoms with Crippen molar-refractivity contribution in [1.82, 2.24) is 4.57 Å². The molecule has 0 fully saturated rings. The molecule has 6 heteroatoms. The zero-order valence-electron chi connectivity index (χ0n) is 31.1. The molecule has 0 saturated carbocycles. The van der Waals surface area contributed by atoms with Crippen molar-refractivity contribution < 1.29 is 4.74 Å². The molecule has 0 aliphatic carbocycles. The molecule has 12 rings (SSSR count). The minimum absolute atomic E-state index is 0.0404. The van der Waals surface area contributed by atoms with Gasteiger partial charge >= 0.3 is 0 Å². The van der Waals surface area contributed by atoms with Crippen molar-refractivity contribution in [3.05, 3.63) is 194 Å². The van der Waals surface area contributed by atoms with E-state index in [1.807, 2.05) is 11.3 Å². The summed E-state index contributed by atoms with van der Waals surface area (Å²) in [7, 11) is 0. The lowest BCUT2D eigenvalue weighted by Gasteiger charge is -2.34. The van der Waals surface area contributed by atoms with Gasteiger partial charge in [-0.15, -0.1) is 11.3 Å². The molecule has 0 saturated heterocycles.